The Labute approximate surface area is 142 Å². The molecular weight excluding hydrogens is 332 g/mol. The average molecular weight is 345 g/mol. The number of ether oxygens (including phenoxy) is 2. The number of benzene rings is 2. The van der Waals surface area contributed by atoms with Gasteiger partial charge < -0.3 is 9.47 Å². The van der Waals surface area contributed by atoms with Gasteiger partial charge in [0.2, 0.25) is 5.82 Å². The van der Waals surface area contributed by atoms with Crippen LogP contribution < -0.4 is 9.47 Å². The van der Waals surface area contributed by atoms with Crippen molar-refractivity contribution < 1.29 is 27.8 Å². The lowest BCUT2D eigenvalue weighted by Gasteiger charge is -2.07. The fraction of sp³-hybridized carbons (Fsp3) is 0.167. The van der Waals surface area contributed by atoms with Crippen LogP contribution >= 0.6 is 0 Å². The highest BCUT2D eigenvalue weighted by molar-refractivity contribution is 5.91. The van der Waals surface area contributed by atoms with Crippen molar-refractivity contribution in [2.24, 2.45) is 0 Å². The Morgan fingerprint density at radius 3 is 2.32 bits per heavy atom. The maximum atomic E-state index is 13.7. The van der Waals surface area contributed by atoms with Crippen LogP contribution in [0.1, 0.15) is 35.7 Å². The molecule has 0 atom stereocenters. The van der Waals surface area contributed by atoms with Gasteiger partial charge in [-0.15, -0.1) is 0 Å². The van der Waals surface area contributed by atoms with Gasteiger partial charge in [-0.05, 0) is 42.8 Å². The SMILES string of the molecule is CCCC(=O)Oc1ccc(C(=O)Oc2ccc(C#N)c(F)c2F)cc1. The number of esters is 2. The maximum Gasteiger partial charge on any atom is 0.343 e. The summed E-state index contributed by atoms with van der Waals surface area (Å²) in [6, 6.07) is 8.92. The Kier molecular flexibility index (Phi) is 5.79. The molecule has 0 aliphatic rings. The predicted molar refractivity (Wildman–Crippen MR) is 83.0 cm³/mol. The van der Waals surface area contributed by atoms with Crippen molar-refractivity contribution in [1.82, 2.24) is 0 Å². The molecule has 0 heterocycles. The van der Waals surface area contributed by atoms with Gasteiger partial charge in [-0.2, -0.15) is 9.65 Å². The minimum absolute atomic E-state index is 0.0551. The Balaban J connectivity index is 2.10. The number of carbonyl (C=O) groups is 2. The van der Waals surface area contributed by atoms with E-state index in [-0.39, 0.29) is 17.7 Å². The Bertz CT molecular complexity index is 841. The van der Waals surface area contributed by atoms with E-state index in [2.05, 4.69) is 0 Å². The predicted octanol–water partition coefficient (Wildman–Crippen LogP) is 3.76. The van der Waals surface area contributed by atoms with Gasteiger partial charge in [0.15, 0.2) is 11.6 Å². The van der Waals surface area contributed by atoms with Crippen molar-refractivity contribution in [2.45, 2.75) is 19.8 Å². The van der Waals surface area contributed by atoms with Gasteiger partial charge in [0.1, 0.15) is 11.8 Å². The highest BCUT2D eigenvalue weighted by Gasteiger charge is 2.18. The third-order valence-electron chi connectivity index (χ3n) is 3.15. The number of nitriles is 1. The fourth-order valence-corrected chi connectivity index (χ4v) is 1.90. The van der Waals surface area contributed by atoms with Crippen LogP contribution in [0.3, 0.4) is 0 Å². The molecule has 0 radical (unpaired) electrons. The number of hydrogen-bond donors (Lipinski definition) is 0. The third kappa shape index (κ3) is 4.38. The number of halogens is 2. The van der Waals surface area contributed by atoms with E-state index in [9.17, 15) is 18.4 Å². The van der Waals surface area contributed by atoms with E-state index in [1.807, 2.05) is 6.92 Å². The van der Waals surface area contributed by atoms with E-state index < -0.39 is 34.9 Å². The first-order chi connectivity index (χ1) is 12.0. The molecule has 0 unspecified atom stereocenters. The first-order valence-electron chi connectivity index (χ1n) is 7.37. The number of rotatable bonds is 5. The largest absolute Gasteiger partial charge is 0.427 e. The van der Waals surface area contributed by atoms with Crippen molar-refractivity contribution in [3.05, 3.63) is 59.2 Å². The summed E-state index contributed by atoms with van der Waals surface area (Å²) in [7, 11) is 0. The molecule has 2 aromatic rings. The van der Waals surface area contributed by atoms with Gasteiger partial charge in [0, 0.05) is 6.42 Å². The molecule has 25 heavy (non-hydrogen) atoms. The first-order valence-corrected chi connectivity index (χ1v) is 7.37. The van der Waals surface area contributed by atoms with Crippen molar-refractivity contribution in [2.75, 3.05) is 0 Å². The lowest BCUT2D eigenvalue weighted by Crippen LogP contribution is -2.11. The normalized spacial score (nSPS) is 10.0. The zero-order chi connectivity index (χ0) is 18.4. The summed E-state index contributed by atoms with van der Waals surface area (Å²) < 4.78 is 37.1. The molecule has 0 fully saturated rings. The van der Waals surface area contributed by atoms with Crippen molar-refractivity contribution >= 4 is 11.9 Å². The quantitative estimate of drug-likeness (QED) is 0.609. The average Bonchev–Trinajstić information content (AvgIpc) is 2.60. The van der Waals surface area contributed by atoms with E-state index in [0.29, 0.717) is 6.42 Å². The molecule has 2 rings (SSSR count). The number of hydrogen-bond acceptors (Lipinski definition) is 5. The molecule has 0 saturated carbocycles. The molecule has 0 aliphatic carbocycles. The Hall–Kier alpha value is -3.27. The molecule has 0 aliphatic heterocycles. The van der Waals surface area contributed by atoms with Gasteiger partial charge in [0.25, 0.3) is 0 Å². The molecular formula is C18H13F2NO4. The van der Waals surface area contributed by atoms with E-state index >= 15 is 0 Å². The molecule has 0 amide bonds. The number of carbonyl (C=O) groups excluding carboxylic acids is 2. The summed E-state index contributed by atoms with van der Waals surface area (Å²) in [5.41, 5.74) is -0.435. The third-order valence-corrected chi connectivity index (χ3v) is 3.15. The molecule has 2 aromatic carbocycles. The van der Waals surface area contributed by atoms with Crippen LogP contribution in [-0.2, 0) is 4.79 Å². The van der Waals surface area contributed by atoms with Crippen LogP contribution in [-0.4, -0.2) is 11.9 Å². The van der Waals surface area contributed by atoms with Gasteiger partial charge in [-0.3, -0.25) is 4.79 Å². The highest BCUT2D eigenvalue weighted by atomic mass is 19.2. The van der Waals surface area contributed by atoms with E-state index in [1.165, 1.54) is 30.3 Å². The number of nitrogens with zero attached hydrogens (tertiary/aromatic N) is 1. The summed E-state index contributed by atoms with van der Waals surface area (Å²) in [4.78, 5) is 23.4. The van der Waals surface area contributed by atoms with Gasteiger partial charge >= 0.3 is 11.9 Å². The van der Waals surface area contributed by atoms with Crippen molar-refractivity contribution in [1.29, 1.82) is 5.26 Å². The molecule has 128 valence electrons. The van der Waals surface area contributed by atoms with Gasteiger partial charge in [0.05, 0.1) is 11.1 Å². The minimum Gasteiger partial charge on any atom is -0.427 e. The van der Waals surface area contributed by atoms with Crippen molar-refractivity contribution in [3.63, 3.8) is 0 Å². The maximum absolute atomic E-state index is 13.7. The summed E-state index contributed by atoms with van der Waals surface area (Å²) in [5.74, 6) is -4.49. The molecule has 5 nitrogen and oxygen atoms in total. The van der Waals surface area contributed by atoms with Crippen LogP contribution in [0.2, 0.25) is 0 Å². The van der Waals surface area contributed by atoms with Gasteiger partial charge in [-0.1, -0.05) is 6.92 Å². The van der Waals surface area contributed by atoms with E-state index in [1.54, 1.807) is 0 Å². The highest BCUT2D eigenvalue weighted by Crippen LogP contribution is 2.23. The Morgan fingerprint density at radius 2 is 1.72 bits per heavy atom. The molecule has 0 saturated heterocycles. The summed E-state index contributed by atoms with van der Waals surface area (Å²) >= 11 is 0. The Morgan fingerprint density at radius 1 is 1.04 bits per heavy atom. The monoisotopic (exact) mass is 345 g/mol. The van der Waals surface area contributed by atoms with Crippen LogP contribution in [0.4, 0.5) is 8.78 Å². The zero-order valence-corrected chi connectivity index (χ0v) is 13.2. The smallest absolute Gasteiger partial charge is 0.343 e. The second kappa shape index (κ2) is 8.02. The van der Waals surface area contributed by atoms with Crippen LogP contribution in [0.25, 0.3) is 0 Å². The first kappa shape index (κ1) is 18.1. The van der Waals surface area contributed by atoms with E-state index in [4.69, 9.17) is 14.7 Å². The lowest BCUT2D eigenvalue weighted by atomic mass is 10.2. The van der Waals surface area contributed by atoms with Gasteiger partial charge in [-0.25, -0.2) is 9.18 Å². The topological polar surface area (TPSA) is 76.4 Å². The van der Waals surface area contributed by atoms with Crippen LogP contribution in [0, 0.1) is 23.0 Å². The molecule has 0 bridgehead atoms. The van der Waals surface area contributed by atoms with Crippen molar-refractivity contribution in [3.8, 4) is 17.6 Å². The summed E-state index contributed by atoms with van der Waals surface area (Å²) in [6.07, 6.45) is 0.920. The second-order valence-corrected chi connectivity index (χ2v) is 4.99. The second-order valence-electron chi connectivity index (χ2n) is 4.99. The van der Waals surface area contributed by atoms with E-state index in [0.717, 1.165) is 12.1 Å². The molecule has 7 heteroatoms. The minimum atomic E-state index is -1.42. The standard InChI is InChI=1S/C18H13F2NO4/c1-2-3-15(22)24-13-7-4-11(5-8-13)18(23)25-14-9-6-12(10-21)16(19)17(14)20/h4-9H,2-3H2,1H3. The summed E-state index contributed by atoms with van der Waals surface area (Å²) in [6.45, 7) is 1.84. The molecule has 0 aromatic heterocycles. The molecule has 0 N–H and O–H groups in total. The van der Waals surface area contributed by atoms with Crippen LogP contribution in [0.5, 0.6) is 11.5 Å². The zero-order valence-electron chi connectivity index (χ0n) is 13.2. The molecule has 0 spiro atoms. The lowest BCUT2D eigenvalue weighted by molar-refractivity contribution is -0.134. The fourth-order valence-electron chi connectivity index (χ4n) is 1.90. The summed E-state index contributed by atoms with van der Waals surface area (Å²) in [5, 5.41) is 8.62. The van der Waals surface area contributed by atoms with Crippen LogP contribution in [0.15, 0.2) is 36.4 Å².